The molecule has 1 heterocycles. The molecule has 1 aromatic heterocycles. The van der Waals surface area contributed by atoms with Crippen LogP contribution >= 0.6 is 0 Å². The maximum absolute atomic E-state index is 5.81. The van der Waals surface area contributed by atoms with Crippen LogP contribution in [0.1, 0.15) is 22.5 Å². The number of methoxy groups -OCH3 is 1. The smallest absolute Gasteiger partial charge is 0.118 e. The fourth-order valence-corrected chi connectivity index (χ4v) is 3.53. The lowest BCUT2D eigenvalue weighted by Crippen LogP contribution is -2.08. The molecule has 30 heavy (non-hydrogen) atoms. The topological polar surface area (TPSA) is 66.0 Å². The normalized spacial score (nSPS) is 10.9. The molecule has 0 aliphatic carbocycles. The van der Waals surface area contributed by atoms with Gasteiger partial charge in [-0.1, -0.05) is 59.3 Å². The summed E-state index contributed by atoms with van der Waals surface area (Å²) in [5.41, 5.74) is 13.6. The molecular weight excluding hydrogens is 372 g/mol. The van der Waals surface area contributed by atoms with Crippen molar-refractivity contribution in [1.29, 1.82) is 0 Å². The van der Waals surface area contributed by atoms with E-state index < -0.39 is 0 Å². The van der Waals surface area contributed by atoms with Gasteiger partial charge in [-0.25, -0.2) is 4.68 Å². The molecule has 0 unspecified atom stereocenters. The lowest BCUT2D eigenvalue weighted by Gasteiger charge is -2.10. The number of hydrogen-bond donors (Lipinski definition) is 1. The first kappa shape index (κ1) is 19.9. The molecule has 4 aromatic rings. The SMILES string of the molecule is COc1ccc(-c2ccc(Cc3c(CCN)nnn3-c3ccc(C)cc3)cc2)cc1. The van der Waals surface area contributed by atoms with Gasteiger partial charge in [0.15, 0.2) is 0 Å². The molecule has 0 fully saturated rings. The Balaban J connectivity index is 1.61. The molecule has 0 saturated heterocycles. The fourth-order valence-electron chi connectivity index (χ4n) is 3.53. The van der Waals surface area contributed by atoms with Gasteiger partial charge < -0.3 is 10.5 Å². The summed E-state index contributed by atoms with van der Waals surface area (Å²) in [6.45, 7) is 2.63. The van der Waals surface area contributed by atoms with E-state index in [1.807, 2.05) is 16.8 Å². The second-order valence-corrected chi connectivity index (χ2v) is 7.37. The van der Waals surface area contributed by atoms with E-state index in [4.69, 9.17) is 10.5 Å². The summed E-state index contributed by atoms with van der Waals surface area (Å²) in [5.74, 6) is 0.861. The maximum Gasteiger partial charge on any atom is 0.118 e. The Hall–Kier alpha value is -3.44. The molecule has 0 aliphatic rings. The molecule has 3 aromatic carbocycles. The largest absolute Gasteiger partial charge is 0.497 e. The van der Waals surface area contributed by atoms with Crippen LogP contribution in [0.15, 0.2) is 72.8 Å². The quantitative estimate of drug-likeness (QED) is 0.503. The molecule has 0 atom stereocenters. The number of nitrogens with two attached hydrogens (primary N) is 1. The Morgan fingerprint density at radius 2 is 1.50 bits per heavy atom. The minimum Gasteiger partial charge on any atom is -0.497 e. The average molecular weight is 399 g/mol. The molecule has 4 rings (SSSR count). The van der Waals surface area contributed by atoms with Crippen molar-refractivity contribution in [3.05, 3.63) is 95.3 Å². The van der Waals surface area contributed by atoms with Gasteiger partial charge >= 0.3 is 0 Å². The number of rotatable bonds is 7. The summed E-state index contributed by atoms with van der Waals surface area (Å²) >= 11 is 0. The Kier molecular flexibility index (Phi) is 5.91. The monoisotopic (exact) mass is 398 g/mol. The number of nitrogens with zero attached hydrogens (tertiary/aromatic N) is 3. The number of hydrogen-bond acceptors (Lipinski definition) is 4. The minimum atomic E-state index is 0.552. The molecule has 0 amide bonds. The van der Waals surface area contributed by atoms with Crippen molar-refractivity contribution in [2.75, 3.05) is 13.7 Å². The lowest BCUT2D eigenvalue weighted by atomic mass is 10.0. The van der Waals surface area contributed by atoms with Crippen molar-refractivity contribution < 1.29 is 4.74 Å². The van der Waals surface area contributed by atoms with Crippen LogP contribution in [0.2, 0.25) is 0 Å². The van der Waals surface area contributed by atoms with E-state index in [1.165, 1.54) is 16.7 Å². The fraction of sp³-hybridized carbons (Fsp3) is 0.200. The number of ether oxygens (including phenoxy) is 1. The van der Waals surface area contributed by atoms with Crippen LogP contribution in [0.4, 0.5) is 0 Å². The molecule has 5 heteroatoms. The van der Waals surface area contributed by atoms with Gasteiger partial charge in [-0.15, -0.1) is 5.10 Å². The van der Waals surface area contributed by atoms with Crippen molar-refractivity contribution in [2.45, 2.75) is 19.8 Å². The lowest BCUT2D eigenvalue weighted by molar-refractivity contribution is 0.415. The van der Waals surface area contributed by atoms with E-state index in [9.17, 15) is 0 Å². The summed E-state index contributed by atoms with van der Waals surface area (Å²) < 4.78 is 7.18. The first-order chi connectivity index (χ1) is 14.7. The van der Waals surface area contributed by atoms with Crippen LogP contribution in [0, 0.1) is 6.92 Å². The molecule has 0 aliphatic heterocycles. The van der Waals surface area contributed by atoms with Gasteiger partial charge in [-0.05, 0) is 54.4 Å². The van der Waals surface area contributed by atoms with E-state index in [2.05, 4.69) is 77.9 Å². The third-order valence-corrected chi connectivity index (χ3v) is 5.25. The molecule has 0 radical (unpaired) electrons. The van der Waals surface area contributed by atoms with E-state index in [0.29, 0.717) is 13.0 Å². The molecular formula is C25H26N4O. The second kappa shape index (κ2) is 8.93. The van der Waals surface area contributed by atoms with Crippen molar-refractivity contribution in [2.24, 2.45) is 5.73 Å². The van der Waals surface area contributed by atoms with Crippen LogP contribution < -0.4 is 10.5 Å². The molecule has 0 bridgehead atoms. The molecule has 0 spiro atoms. The molecule has 0 saturated carbocycles. The van der Waals surface area contributed by atoms with Crippen molar-refractivity contribution in [3.8, 4) is 22.6 Å². The zero-order chi connectivity index (χ0) is 20.9. The highest BCUT2D eigenvalue weighted by Crippen LogP contribution is 2.24. The Morgan fingerprint density at radius 1 is 0.867 bits per heavy atom. The Morgan fingerprint density at radius 3 is 2.10 bits per heavy atom. The zero-order valence-electron chi connectivity index (χ0n) is 17.4. The zero-order valence-corrected chi connectivity index (χ0v) is 17.4. The highest BCUT2D eigenvalue weighted by atomic mass is 16.5. The van der Waals surface area contributed by atoms with Gasteiger partial charge in [0.05, 0.1) is 24.2 Å². The summed E-state index contributed by atoms with van der Waals surface area (Å²) in [7, 11) is 1.68. The number of aryl methyl sites for hydroxylation is 1. The van der Waals surface area contributed by atoms with Gasteiger partial charge in [-0.2, -0.15) is 0 Å². The first-order valence-electron chi connectivity index (χ1n) is 10.1. The molecule has 2 N–H and O–H groups in total. The van der Waals surface area contributed by atoms with E-state index in [-0.39, 0.29) is 0 Å². The third kappa shape index (κ3) is 4.26. The third-order valence-electron chi connectivity index (χ3n) is 5.25. The predicted molar refractivity (Wildman–Crippen MR) is 120 cm³/mol. The number of benzene rings is 3. The maximum atomic E-state index is 5.81. The van der Waals surface area contributed by atoms with Gasteiger partial charge in [0.1, 0.15) is 5.75 Å². The van der Waals surface area contributed by atoms with Crippen molar-refractivity contribution in [3.63, 3.8) is 0 Å². The van der Waals surface area contributed by atoms with E-state index in [1.54, 1.807) is 7.11 Å². The predicted octanol–water partition coefficient (Wildman–Crippen LogP) is 4.34. The second-order valence-electron chi connectivity index (χ2n) is 7.37. The average Bonchev–Trinajstić information content (AvgIpc) is 3.17. The van der Waals surface area contributed by atoms with E-state index in [0.717, 1.165) is 34.8 Å². The van der Waals surface area contributed by atoms with Gasteiger partial charge in [0, 0.05) is 12.8 Å². The van der Waals surface area contributed by atoms with Gasteiger partial charge in [0.25, 0.3) is 0 Å². The van der Waals surface area contributed by atoms with Crippen LogP contribution in [0.5, 0.6) is 5.75 Å². The van der Waals surface area contributed by atoms with Crippen LogP contribution in [-0.4, -0.2) is 28.6 Å². The van der Waals surface area contributed by atoms with Gasteiger partial charge in [0.2, 0.25) is 0 Å². The van der Waals surface area contributed by atoms with Gasteiger partial charge in [-0.3, -0.25) is 0 Å². The highest BCUT2D eigenvalue weighted by Gasteiger charge is 2.14. The van der Waals surface area contributed by atoms with Crippen molar-refractivity contribution >= 4 is 0 Å². The summed E-state index contributed by atoms with van der Waals surface area (Å²) in [6.07, 6.45) is 1.46. The molecule has 152 valence electrons. The van der Waals surface area contributed by atoms with Crippen LogP contribution in [-0.2, 0) is 12.8 Å². The number of aromatic nitrogens is 3. The first-order valence-corrected chi connectivity index (χ1v) is 10.1. The standard InChI is InChI=1S/C25H26N4O/c1-18-3-11-22(12-4-18)29-25(24(15-16-26)27-28-29)17-19-5-7-20(8-6-19)21-9-13-23(30-2)14-10-21/h3-14H,15-17,26H2,1-2H3. The minimum absolute atomic E-state index is 0.552. The Labute approximate surface area is 177 Å². The molecule has 5 nitrogen and oxygen atoms in total. The van der Waals surface area contributed by atoms with Crippen molar-refractivity contribution in [1.82, 2.24) is 15.0 Å². The summed E-state index contributed by atoms with van der Waals surface area (Å²) in [4.78, 5) is 0. The summed E-state index contributed by atoms with van der Waals surface area (Å²) in [5, 5.41) is 8.81. The summed E-state index contributed by atoms with van der Waals surface area (Å²) in [6, 6.07) is 25.1. The highest BCUT2D eigenvalue weighted by molar-refractivity contribution is 5.64. The van der Waals surface area contributed by atoms with Crippen LogP contribution in [0.3, 0.4) is 0 Å². The Bertz CT molecular complexity index is 1100. The van der Waals surface area contributed by atoms with E-state index >= 15 is 0 Å². The van der Waals surface area contributed by atoms with Crippen LogP contribution in [0.25, 0.3) is 16.8 Å².